The van der Waals surface area contributed by atoms with Crippen LogP contribution in [0, 0.1) is 5.82 Å². The van der Waals surface area contributed by atoms with Crippen molar-refractivity contribution in [2.45, 2.75) is 64.1 Å². The third kappa shape index (κ3) is 6.37. The van der Waals surface area contributed by atoms with E-state index >= 15 is 0 Å². The van der Waals surface area contributed by atoms with Gasteiger partial charge in [0.2, 0.25) is 11.8 Å². The topological polar surface area (TPSA) is 49.4 Å². The molecule has 0 radical (unpaired) electrons. The highest BCUT2D eigenvalue weighted by Gasteiger charge is 2.29. The zero-order valence-electron chi connectivity index (χ0n) is 17.8. The molecule has 3 rings (SSSR count). The van der Waals surface area contributed by atoms with E-state index in [2.05, 4.69) is 5.32 Å². The minimum absolute atomic E-state index is 0.109. The normalized spacial score (nSPS) is 15.3. The first-order chi connectivity index (χ1) is 15.3. The molecule has 4 nitrogen and oxygen atoms in total. The lowest BCUT2D eigenvalue weighted by Crippen LogP contribution is -2.50. The Hall–Kier alpha value is -1.82. The lowest BCUT2D eigenvalue weighted by atomic mass is 9.95. The van der Waals surface area contributed by atoms with Crippen LogP contribution < -0.4 is 5.32 Å². The molecule has 0 unspecified atom stereocenters. The molecule has 0 spiro atoms. The van der Waals surface area contributed by atoms with Crippen molar-refractivity contribution in [3.05, 3.63) is 68.4 Å². The average molecular weight is 500 g/mol. The van der Waals surface area contributed by atoms with E-state index in [0.717, 1.165) is 25.7 Å². The summed E-state index contributed by atoms with van der Waals surface area (Å²) < 4.78 is 14.3. The van der Waals surface area contributed by atoms with Gasteiger partial charge in [-0.1, -0.05) is 66.2 Å². The molecule has 1 atom stereocenters. The van der Waals surface area contributed by atoms with Crippen molar-refractivity contribution in [1.82, 2.24) is 10.2 Å². The molecule has 1 aliphatic rings. The fraction of sp³-hybridized carbons (Fsp3) is 0.417. The van der Waals surface area contributed by atoms with E-state index in [1.165, 1.54) is 29.5 Å². The van der Waals surface area contributed by atoms with Gasteiger partial charge in [0.25, 0.3) is 0 Å². The van der Waals surface area contributed by atoms with Crippen molar-refractivity contribution < 1.29 is 14.0 Å². The van der Waals surface area contributed by atoms with E-state index < -0.39 is 17.8 Å². The number of nitrogens with one attached hydrogen (secondary N) is 1. The molecule has 8 heteroatoms. The van der Waals surface area contributed by atoms with Gasteiger partial charge in [0.1, 0.15) is 11.9 Å². The van der Waals surface area contributed by atoms with E-state index in [0.29, 0.717) is 15.6 Å². The second-order valence-corrected chi connectivity index (χ2v) is 9.39. The lowest BCUT2D eigenvalue weighted by Gasteiger charge is -2.31. The SMILES string of the molecule is C[C@H](C(=O)NC1CCCCC1)N(Cc1ccc(Cl)c(Cl)c1)C(=O)Cc1c(F)cccc1Cl. The molecule has 0 heterocycles. The number of carbonyl (C=O) groups is 2. The predicted octanol–water partition coefficient (Wildman–Crippen LogP) is 6.19. The fourth-order valence-corrected chi connectivity index (χ4v) is 4.49. The standard InChI is InChI=1S/C24H26Cl3FN2O2/c1-15(24(32)29-17-6-3-2-4-7-17)30(14-16-10-11-20(26)21(27)12-16)23(31)13-18-19(25)8-5-9-22(18)28/h5,8-12,15,17H,2-4,6-7,13-14H2,1H3,(H,29,32)/t15-/m1/s1. The largest absolute Gasteiger partial charge is 0.352 e. The van der Waals surface area contributed by atoms with Gasteiger partial charge >= 0.3 is 0 Å². The Bertz CT molecular complexity index is 959. The maximum Gasteiger partial charge on any atom is 0.242 e. The van der Waals surface area contributed by atoms with Gasteiger partial charge < -0.3 is 10.2 Å². The third-order valence-corrected chi connectivity index (χ3v) is 6.94. The minimum atomic E-state index is -0.760. The number of benzene rings is 2. The Morgan fingerprint density at radius 1 is 1.06 bits per heavy atom. The van der Waals surface area contributed by atoms with Crippen molar-refractivity contribution in [2.75, 3.05) is 0 Å². The summed E-state index contributed by atoms with van der Waals surface area (Å²) in [4.78, 5) is 27.7. The monoisotopic (exact) mass is 498 g/mol. The van der Waals surface area contributed by atoms with Gasteiger partial charge in [-0.05, 0) is 49.6 Å². The van der Waals surface area contributed by atoms with E-state index in [4.69, 9.17) is 34.8 Å². The van der Waals surface area contributed by atoms with E-state index in [-0.39, 0.29) is 35.5 Å². The van der Waals surface area contributed by atoms with Gasteiger partial charge in [-0.15, -0.1) is 0 Å². The minimum Gasteiger partial charge on any atom is -0.352 e. The summed E-state index contributed by atoms with van der Waals surface area (Å²) in [7, 11) is 0. The first kappa shape index (κ1) is 24.8. The van der Waals surface area contributed by atoms with E-state index in [1.54, 1.807) is 25.1 Å². The number of nitrogens with zero attached hydrogens (tertiary/aromatic N) is 1. The second kappa shape index (κ2) is 11.4. The van der Waals surface area contributed by atoms with Crippen LogP contribution in [0.4, 0.5) is 4.39 Å². The van der Waals surface area contributed by atoms with Crippen LogP contribution in [0.15, 0.2) is 36.4 Å². The molecule has 1 fully saturated rings. The fourth-order valence-electron chi connectivity index (χ4n) is 3.94. The van der Waals surface area contributed by atoms with Crippen LogP contribution >= 0.6 is 34.8 Å². The van der Waals surface area contributed by atoms with Gasteiger partial charge in [0.15, 0.2) is 0 Å². The zero-order chi connectivity index (χ0) is 23.3. The molecule has 0 bridgehead atoms. The second-order valence-electron chi connectivity index (χ2n) is 8.17. The number of carbonyl (C=O) groups excluding carboxylic acids is 2. The van der Waals surface area contributed by atoms with Crippen LogP contribution in [-0.4, -0.2) is 28.8 Å². The summed E-state index contributed by atoms with van der Waals surface area (Å²) in [6, 6.07) is 8.68. The van der Waals surface area contributed by atoms with Crippen LogP contribution in [0.2, 0.25) is 15.1 Å². The summed E-state index contributed by atoms with van der Waals surface area (Å²) in [5.74, 6) is -1.20. The van der Waals surface area contributed by atoms with Crippen LogP contribution in [0.1, 0.15) is 50.2 Å². The van der Waals surface area contributed by atoms with E-state index in [1.807, 2.05) is 0 Å². The van der Waals surface area contributed by atoms with Gasteiger partial charge in [0, 0.05) is 23.2 Å². The predicted molar refractivity (Wildman–Crippen MR) is 127 cm³/mol. The Morgan fingerprint density at radius 3 is 2.44 bits per heavy atom. The molecule has 2 aromatic carbocycles. The van der Waals surface area contributed by atoms with Gasteiger partial charge in [-0.2, -0.15) is 0 Å². The molecule has 1 saturated carbocycles. The average Bonchev–Trinajstić information content (AvgIpc) is 2.77. The molecular weight excluding hydrogens is 474 g/mol. The smallest absolute Gasteiger partial charge is 0.242 e. The molecule has 2 aromatic rings. The van der Waals surface area contributed by atoms with Crippen LogP contribution in [-0.2, 0) is 22.6 Å². The Kier molecular flexibility index (Phi) is 8.80. The zero-order valence-corrected chi connectivity index (χ0v) is 20.1. The number of halogens is 4. The number of hydrogen-bond acceptors (Lipinski definition) is 2. The van der Waals surface area contributed by atoms with Crippen molar-refractivity contribution in [3.8, 4) is 0 Å². The summed E-state index contributed by atoms with van der Waals surface area (Å²) in [5, 5.41) is 3.99. The quantitative estimate of drug-likeness (QED) is 0.493. The number of rotatable bonds is 7. The van der Waals surface area contributed by atoms with Crippen LogP contribution in [0.5, 0.6) is 0 Å². The Labute approximate surface area is 203 Å². The van der Waals surface area contributed by atoms with Gasteiger partial charge in [0.05, 0.1) is 16.5 Å². The first-order valence-corrected chi connectivity index (χ1v) is 11.9. The molecule has 0 aliphatic heterocycles. The number of amides is 2. The molecule has 2 amide bonds. The molecule has 1 N–H and O–H groups in total. The molecule has 32 heavy (non-hydrogen) atoms. The first-order valence-electron chi connectivity index (χ1n) is 10.7. The summed E-state index contributed by atoms with van der Waals surface area (Å²) in [6.07, 6.45) is 4.95. The summed E-state index contributed by atoms with van der Waals surface area (Å²) in [6.45, 7) is 1.80. The highest BCUT2D eigenvalue weighted by Crippen LogP contribution is 2.25. The van der Waals surface area contributed by atoms with E-state index in [9.17, 15) is 14.0 Å². The Balaban J connectivity index is 1.82. The van der Waals surface area contributed by atoms with Crippen molar-refractivity contribution >= 4 is 46.6 Å². The maximum absolute atomic E-state index is 14.3. The van der Waals surface area contributed by atoms with Crippen molar-refractivity contribution in [1.29, 1.82) is 0 Å². The Morgan fingerprint density at radius 2 is 1.78 bits per heavy atom. The highest BCUT2D eigenvalue weighted by atomic mass is 35.5. The van der Waals surface area contributed by atoms with Crippen molar-refractivity contribution in [3.63, 3.8) is 0 Å². The van der Waals surface area contributed by atoms with Gasteiger partial charge in [-0.3, -0.25) is 9.59 Å². The molecule has 1 aliphatic carbocycles. The molecule has 0 saturated heterocycles. The maximum atomic E-state index is 14.3. The van der Waals surface area contributed by atoms with Crippen LogP contribution in [0.3, 0.4) is 0 Å². The molecule has 172 valence electrons. The summed E-state index contributed by atoms with van der Waals surface area (Å²) in [5.41, 5.74) is 0.822. The lowest BCUT2D eigenvalue weighted by molar-refractivity contribution is -0.140. The van der Waals surface area contributed by atoms with Gasteiger partial charge in [-0.25, -0.2) is 4.39 Å². The number of hydrogen-bond donors (Lipinski definition) is 1. The molecular formula is C24H26Cl3FN2O2. The third-order valence-electron chi connectivity index (χ3n) is 5.85. The molecule has 0 aromatic heterocycles. The summed E-state index contributed by atoms with van der Waals surface area (Å²) >= 11 is 18.3. The van der Waals surface area contributed by atoms with Crippen molar-refractivity contribution in [2.24, 2.45) is 0 Å². The van der Waals surface area contributed by atoms with Crippen LogP contribution in [0.25, 0.3) is 0 Å². The highest BCUT2D eigenvalue weighted by molar-refractivity contribution is 6.42.